The van der Waals surface area contributed by atoms with E-state index < -0.39 is 10.0 Å². The molecular formula is C20H28N4O3S2. The number of nitrogens with one attached hydrogen (secondary N) is 1. The molecule has 0 radical (unpaired) electrons. The zero-order chi connectivity index (χ0) is 20.9. The molecule has 0 unspecified atom stereocenters. The van der Waals surface area contributed by atoms with Crippen LogP contribution in [-0.4, -0.2) is 49.8 Å². The summed E-state index contributed by atoms with van der Waals surface area (Å²) < 4.78 is 27.3. The highest BCUT2D eigenvalue weighted by molar-refractivity contribution is 7.91. The van der Waals surface area contributed by atoms with Crippen molar-refractivity contribution in [3.63, 3.8) is 0 Å². The number of nitrogens with zero attached hydrogens (tertiary/aromatic N) is 3. The first-order valence-electron chi connectivity index (χ1n) is 10.0. The highest BCUT2D eigenvalue weighted by Crippen LogP contribution is 2.27. The van der Waals surface area contributed by atoms with Crippen LogP contribution >= 0.6 is 11.3 Å². The average molecular weight is 437 g/mol. The van der Waals surface area contributed by atoms with Crippen molar-refractivity contribution >= 4 is 38.8 Å². The Kier molecular flexibility index (Phi) is 7.26. The number of anilines is 2. The Bertz CT molecular complexity index is 915. The number of thiophene rings is 1. The van der Waals surface area contributed by atoms with Gasteiger partial charge in [0.1, 0.15) is 10.0 Å². The molecule has 0 bridgehead atoms. The van der Waals surface area contributed by atoms with E-state index in [-0.39, 0.29) is 12.3 Å². The Hall–Kier alpha value is -1.97. The van der Waals surface area contributed by atoms with Crippen LogP contribution in [0.2, 0.25) is 0 Å². The van der Waals surface area contributed by atoms with Crippen LogP contribution in [0.1, 0.15) is 38.0 Å². The van der Waals surface area contributed by atoms with Gasteiger partial charge >= 0.3 is 0 Å². The first-order valence-corrected chi connectivity index (χ1v) is 12.3. The minimum Gasteiger partial charge on any atom is -0.357 e. The van der Waals surface area contributed by atoms with Gasteiger partial charge in [-0.3, -0.25) is 4.79 Å². The first kappa shape index (κ1) is 21.7. The van der Waals surface area contributed by atoms with Crippen molar-refractivity contribution in [2.45, 2.75) is 43.7 Å². The molecule has 2 aromatic heterocycles. The van der Waals surface area contributed by atoms with Gasteiger partial charge in [-0.25, -0.2) is 13.4 Å². The van der Waals surface area contributed by atoms with Crippen LogP contribution in [0.5, 0.6) is 0 Å². The molecule has 2 aromatic rings. The van der Waals surface area contributed by atoms with Crippen LogP contribution < -0.4 is 10.2 Å². The molecule has 0 saturated carbocycles. The second kappa shape index (κ2) is 9.69. The second-order valence-electron chi connectivity index (χ2n) is 6.99. The van der Waals surface area contributed by atoms with Crippen molar-refractivity contribution in [3.05, 3.63) is 35.3 Å². The van der Waals surface area contributed by atoms with E-state index in [2.05, 4.69) is 29.0 Å². The van der Waals surface area contributed by atoms with Gasteiger partial charge in [-0.1, -0.05) is 6.42 Å². The molecular weight excluding hydrogens is 408 g/mol. The molecule has 3 rings (SSSR count). The highest BCUT2D eigenvalue weighted by Gasteiger charge is 2.27. The molecule has 0 atom stereocenters. The Morgan fingerprint density at radius 2 is 1.86 bits per heavy atom. The van der Waals surface area contributed by atoms with Gasteiger partial charge in [0.15, 0.2) is 0 Å². The standard InChI is InChI=1S/C20H28N4O3S2/c1-3-23(4-2)18-10-8-16(15-21-18)22-19(25)14-17-9-11-20(28-17)29(26,27)24-12-6-5-7-13-24/h8-11,15H,3-7,12-14H2,1-2H3,(H,22,25). The maximum absolute atomic E-state index is 12.7. The molecule has 158 valence electrons. The zero-order valence-electron chi connectivity index (χ0n) is 16.9. The fraction of sp³-hybridized carbons (Fsp3) is 0.500. The third-order valence-corrected chi connectivity index (χ3v) is 8.45. The maximum Gasteiger partial charge on any atom is 0.252 e. The van der Waals surface area contributed by atoms with E-state index >= 15 is 0 Å². The Balaban J connectivity index is 1.60. The molecule has 1 aliphatic heterocycles. The lowest BCUT2D eigenvalue weighted by molar-refractivity contribution is -0.115. The first-order chi connectivity index (χ1) is 13.9. The topological polar surface area (TPSA) is 82.6 Å². The van der Waals surface area contributed by atoms with Crippen molar-refractivity contribution in [2.24, 2.45) is 0 Å². The Morgan fingerprint density at radius 3 is 2.48 bits per heavy atom. The van der Waals surface area contributed by atoms with E-state index in [0.717, 1.165) is 43.0 Å². The SMILES string of the molecule is CCN(CC)c1ccc(NC(=O)Cc2ccc(S(=O)(=O)N3CCCCC3)s2)cn1. The van der Waals surface area contributed by atoms with Crippen molar-refractivity contribution in [1.82, 2.24) is 9.29 Å². The molecule has 3 heterocycles. The summed E-state index contributed by atoms with van der Waals surface area (Å²) in [5.74, 6) is 0.685. The molecule has 0 aliphatic carbocycles. The van der Waals surface area contributed by atoms with Crippen LogP contribution in [0, 0.1) is 0 Å². The Morgan fingerprint density at radius 1 is 1.14 bits per heavy atom. The molecule has 1 fully saturated rings. The van der Waals surface area contributed by atoms with E-state index in [4.69, 9.17) is 0 Å². The van der Waals surface area contributed by atoms with Gasteiger partial charge in [0.05, 0.1) is 18.3 Å². The molecule has 29 heavy (non-hydrogen) atoms. The predicted molar refractivity (Wildman–Crippen MR) is 117 cm³/mol. The fourth-order valence-corrected chi connectivity index (χ4v) is 6.41. The fourth-order valence-electron chi connectivity index (χ4n) is 3.38. The summed E-state index contributed by atoms with van der Waals surface area (Å²) in [7, 11) is -3.45. The van der Waals surface area contributed by atoms with Crippen molar-refractivity contribution in [3.8, 4) is 0 Å². The number of piperidine rings is 1. The minimum atomic E-state index is -3.45. The van der Waals surface area contributed by atoms with Crippen LogP contribution in [0.3, 0.4) is 0 Å². The molecule has 7 nitrogen and oxygen atoms in total. The summed E-state index contributed by atoms with van der Waals surface area (Å²) in [6.07, 6.45) is 4.67. The summed E-state index contributed by atoms with van der Waals surface area (Å²) in [5, 5.41) is 2.83. The van der Waals surface area contributed by atoms with E-state index in [1.807, 2.05) is 12.1 Å². The Labute approximate surface area is 176 Å². The van der Waals surface area contributed by atoms with Crippen LogP contribution in [-0.2, 0) is 21.2 Å². The maximum atomic E-state index is 12.7. The molecule has 1 N–H and O–H groups in total. The zero-order valence-corrected chi connectivity index (χ0v) is 18.6. The number of carbonyl (C=O) groups excluding carboxylic acids is 1. The summed E-state index contributed by atoms with van der Waals surface area (Å²) in [6, 6.07) is 7.05. The summed E-state index contributed by atoms with van der Waals surface area (Å²) in [4.78, 5) is 19.6. The molecule has 0 spiro atoms. The number of hydrogen-bond donors (Lipinski definition) is 1. The summed E-state index contributed by atoms with van der Waals surface area (Å²) >= 11 is 1.17. The van der Waals surface area contributed by atoms with E-state index in [0.29, 0.717) is 23.0 Å². The van der Waals surface area contributed by atoms with E-state index in [9.17, 15) is 13.2 Å². The van der Waals surface area contributed by atoms with Gasteiger partial charge in [0, 0.05) is 31.1 Å². The van der Waals surface area contributed by atoms with Crippen LogP contribution in [0.25, 0.3) is 0 Å². The third kappa shape index (κ3) is 5.34. The van der Waals surface area contributed by atoms with Crippen LogP contribution in [0.4, 0.5) is 11.5 Å². The number of rotatable bonds is 8. The number of amides is 1. The number of hydrogen-bond acceptors (Lipinski definition) is 6. The summed E-state index contributed by atoms with van der Waals surface area (Å²) in [5.41, 5.74) is 0.628. The lowest BCUT2D eigenvalue weighted by Gasteiger charge is -2.25. The largest absolute Gasteiger partial charge is 0.357 e. The third-order valence-electron chi connectivity index (χ3n) is 5.00. The van der Waals surface area contributed by atoms with Gasteiger partial charge in [-0.15, -0.1) is 11.3 Å². The number of pyridine rings is 1. The van der Waals surface area contributed by atoms with Gasteiger partial charge in [-0.2, -0.15) is 4.31 Å². The monoisotopic (exact) mass is 436 g/mol. The second-order valence-corrected chi connectivity index (χ2v) is 10.3. The van der Waals surface area contributed by atoms with Crippen molar-refractivity contribution in [2.75, 3.05) is 36.4 Å². The number of sulfonamides is 1. The quantitative estimate of drug-likeness (QED) is 0.686. The van der Waals surface area contributed by atoms with E-state index in [1.165, 1.54) is 11.3 Å². The van der Waals surface area contributed by atoms with Crippen molar-refractivity contribution in [1.29, 1.82) is 0 Å². The molecule has 0 aromatic carbocycles. The highest BCUT2D eigenvalue weighted by atomic mass is 32.2. The van der Waals surface area contributed by atoms with Gasteiger partial charge in [-0.05, 0) is 51.0 Å². The predicted octanol–water partition coefficient (Wildman–Crippen LogP) is 3.35. The molecule has 1 saturated heterocycles. The lowest BCUT2D eigenvalue weighted by Crippen LogP contribution is -2.35. The van der Waals surface area contributed by atoms with Gasteiger partial charge in [0.2, 0.25) is 5.91 Å². The minimum absolute atomic E-state index is 0.137. The van der Waals surface area contributed by atoms with Crippen molar-refractivity contribution < 1.29 is 13.2 Å². The average Bonchev–Trinajstić information content (AvgIpc) is 3.20. The molecule has 1 amide bonds. The normalized spacial score (nSPS) is 15.2. The number of carbonyl (C=O) groups is 1. The van der Waals surface area contributed by atoms with E-state index in [1.54, 1.807) is 22.6 Å². The summed E-state index contributed by atoms with van der Waals surface area (Å²) in [6.45, 7) is 7.04. The van der Waals surface area contributed by atoms with Crippen LogP contribution in [0.15, 0.2) is 34.7 Å². The molecule has 9 heteroatoms. The molecule has 1 aliphatic rings. The smallest absolute Gasteiger partial charge is 0.252 e. The number of aromatic nitrogens is 1. The lowest BCUT2D eigenvalue weighted by atomic mass is 10.2. The van der Waals surface area contributed by atoms with Gasteiger partial charge in [0.25, 0.3) is 10.0 Å². The van der Waals surface area contributed by atoms with Gasteiger partial charge < -0.3 is 10.2 Å².